The molecule has 2 aromatic rings. The van der Waals surface area contributed by atoms with Crippen molar-refractivity contribution in [2.24, 2.45) is 0 Å². The van der Waals surface area contributed by atoms with Crippen molar-refractivity contribution in [1.29, 1.82) is 0 Å². The van der Waals surface area contributed by atoms with E-state index in [0.717, 1.165) is 5.56 Å². The molecular formula is C19H23FN2O3. The maximum absolute atomic E-state index is 13.7. The van der Waals surface area contributed by atoms with E-state index in [-0.39, 0.29) is 11.6 Å². The van der Waals surface area contributed by atoms with Gasteiger partial charge in [-0.2, -0.15) is 0 Å². The summed E-state index contributed by atoms with van der Waals surface area (Å²) in [4.78, 5) is 14.2. The Bertz CT molecular complexity index is 734. The highest BCUT2D eigenvalue weighted by molar-refractivity contribution is 5.94. The van der Waals surface area contributed by atoms with Crippen LogP contribution in [-0.4, -0.2) is 45.7 Å². The molecule has 0 heterocycles. The fourth-order valence-electron chi connectivity index (χ4n) is 2.59. The first-order valence-electron chi connectivity index (χ1n) is 7.89. The second-order valence-electron chi connectivity index (χ2n) is 5.78. The van der Waals surface area contributed by atoms with Crippen LogP contribution < -0.4 is 14.8 Å². The van der Waals surface area contributed by atoms with Gasteiger partial charge in [0.1, 0.15) is 5.82 Å². The Hall–Kier alpha value is -2.60. The number of hydrogen-bond acceptors (Lipinski definition) is 4. The molecule has 1 N–H and O–H groups in total. The van der Waals surface area contributed by atoms with Gasteiger partial charge < -0.3 is 19.7 Å². The minimum absolute atomic E-state index is 0.0346. The Kier molecular flexibility index (Phi) is 6.36. The second-order valence-corrected chi connectivity index (χ2v) is 5.78. The van der Waals surface area contributed by atoms with Crippen LogP contribution in [0, 0.1) is 5.82 Å². The normalized spacial score (nSPS) is 11.9. The van der Waals surface area contributed by atoms with E-state index in [2.05, 4.69) is 5.32 Å². The van der Waals surface area contributed by atoms with Gasteiger partial charge in [-0.05, 0) is 43.9 Å². The summed E-state index contributed by atoms with van der Waals surface area (Å²) in [5.74, 6) is 0.282. The molecule has 0 aromatic heterocycles. The summed E-state index contributed by atoms with van der Waals surface area (Å²) in [5.41, 5.74) is 0.990. The Labute approximate surface area is 147 Å². The highest BCUT2D eigenvalue weighted by atomic mass is 19.1. The van der Waals surface area contributed by atoms with Gasteiger partial charge in [0.25, 0.3) is 5.91 Å². The van der Waals surface area contributed by atoms with Crippen LogP contribution in [0.5, 0.6) is 11.5 Å². The minimum atomic E-state index is -0.535. The van der Waals surface area contributed by atoms with Gasteiger partial charge in [-0.25, -0.2) is 4.39 Å². The number of nitrogens with zero attached hydrogens (tertiary/aromatic N) is 1. The number of hydrogen-bond donors (Lipinski definition) is 1. The van der Waals surface area contributed by atoms with Crippen molar-refractivity contribution in [2.75, 3.05) is 34.9 Å². The standard InChI is InChI=1S/C19H23FN2O3/c1-22(2)16(13-9-10-17(24-3)18(11-13)25-4)12-21-19(23)14-7-5-6-8-15(14)20/h5-11,16H,12H2,1-4H3,(H,21,23)/t16-/m1/s1. The molecule has 1 atom stereocenters. The third kappa shape index (κ3) is 4.48. The molecule has 0 unspecified atom stereocenters. The first-order valence-corrected chi connectivity index (χ1v) is 7.89. The van der Waals surface area contributed by atoms with Crippen molar-refractivity contribution in [3.05, 3.63) is 59.4 Å². The smallest absolute Gasteiger partial charge is 0.254 e. The first kappa shape index (κ1) is 18.7. The fraction of sp³-hybridized carbons (Fsp3) is 0.316. The second kappa shape index (κ2) is 8.48. The van der Waals surface area contributed by atoms with E-state index in [9.17, 15) is 9.18 Å². The lowest BCUT2D eigenvalue weighted by Gasteiger charge is -2.26. The topological polar surface area (TPSA) is 50.8 Å². The third-order valence-electron chi connectivity index (χ3n) is 3.99. The van der Waals surface area contributed by atoms with Crippen LogP contribution in [-0.2, 0) is 0 Å². The largest absolute Gasteiger partial charge is 0.493 e. The molecule has 2 aromatic carbocycles. The summed E-state index contributed by atoms with van der Waals surface area (Å²) < 4.78 is 24.3. The number of nitrogens with one attached hydrogen (secondary N) is 1. The summed E-state index contributed by atoms with van der Waals surface area (Å²) in [6.07, 6.45) is 0. The predicted octanol–water partition coefficient (Wildman–Crippen LogP) is 2.88. The quantitative estimate of drug-likeness (QED) is 0.838. The molecule has 0 fully saturated rings. The zero-order chi connectivity index (χ0) is 18.4. The van der Waals surface area contributed by atoms with Gasteiger partial charge in [0.2, 0.25) is 0 Å². The Morgan fingerprint density at radius 2 is 1.80 bits per heavy atom. The molecule has 1 amide bonds. The lowest BCUT2D eigenvalue weighted by molar-refractivity contribution is 0.0938. The minimum Gasteiger partial charge on any atom is -0.493 e. The van der Waals surface area contributed by atoms with E-state index in [1.165, 1.54) is 12.1 Å². The van der Waals surface area contributed by atoms with Crippen LogP contribution in [0.3, 0.4) is 0 Å². The van der Waals surface area contributed by atoms with Crippen molar-refractivity contribution in [1.82, 2.24) is 10.2 Å². The van der Waals surface area contributed by atoms with Crippen LogP contribution in [0.4, 0.5) is 4.39 Å². The van der Waals surface area contributed by atoms with Gasteiger partial charge in [-0.1, -0.05) is 18.2 Å². The fourth-order valence-corrected chi connectivity index (χ4v) is 2.59. The molecule has 0 saturated heterocycles. The third-order valence-corrected chi connectivity index (χ3v) is 3.99. The number of likely N-dealkylation sites (N-methyl/N-ethyl adjacent to an activating group) is 1. The summed E-state index contributed by atoms with van der Waals surface area (Å²) >= 11 is 0. The van der Waals surface area contributed by atoms with E-state index in [0.29, 0.717) is 18.0 Å². The predicted molar refractivity (Wildman–Crippen MR) is 94.7 cm³/mol. The number of benzene rings is 2. The molecule has 0 aliphatic rings. The monoisotopic (exact) mass is 346 g/mol. The summed E-state index contributed by atoms with van der Waals surface area (Å²) in [7, 11) is 6.98. The molecule has 0 bridgehead atoms. The Morgan fingerprint density at radius 1 is 1.12 bits per heavy atom. The maximum atomic E-state index is 13.7. The molecule has 0 aliphatic carbocycles. The van der Waals surface area contributed by atoms with Crippen LogP contribution in [0.25, 0.3) is 0 Å². The SMILES string of the molecule is COc1ccc([C@@H](CNC(=O)c2ccccc2F)N(C)C)cc1OC. The number of halogens is 1. The molecule has 2 rings (SSSR count). The van der Waals surface area contributed by atoms with Gasteiger partial charge in [-0.3, -0.25) is 4.79 Å². The number of carbonyl (C=O) groups excluding carboxylic acids is 1. The number of ether oxygens (including phenoxy) is 2. The molecule has 6 heteroatoms. The molecule has 0 radical (unpaired) electrons. The Morgan fingerprint density at radius 3 is 2.40 bits per heavy atom. The van der Waals surface area contributed by atoms with Crippen LogP contribution in [0.1, 0.15) is 22.0 Å². The average Bonchev–Trinajstić information content (AvgIpc) is 2.61. The molecule has 0 aliphatic heterocycles. The summed E-state index contributed by atoms with van der Waals surface area (Å²) in [5, 5.41) is 2.79. The molecule has 134 valence electrons. The summed E-state index contributed by atoms with van der Waals surface area (Å²) in [6.45, 7) is 0.329. The molecule has 5 nitrogen and oxygen atoms in total. The van der Waals surface area contributed by atoms with E-state index in [4.69, 9.17) is 9.47 Å². The van der Waals surface area contributed by atoms with E-state index in [1.54, 1.807) is 26.4 Å². The van der Waals surface area contributed by atoms with Gasteiger partial charge in [-0.15, -0.1) is 0 Å². The van der Waals surface area contributed by atoms with Crippen LogP contribution in [0.15, 0.2) is 42.5 Å². The van der Waals surface area contributed by atoms with Crippen molar-refractivity contribution in [2.45, 2.75) is 6.04 Å². The van der Waals surface area contributed by atoms with E-state index >= 15 is 0 Å². The van der Waals surface area contributed by atoms with Crippen molar-refractivity contribution >= 4 is 5.91 Å². The molecule has 0 spiro atoms. The summed E-state index contributed by atoms with van der Waals surface area (Å²) in [6, 6.07) is 11.4. The lowest BCUT2D eigenvalue weighted by Crippen LogP contribution is -2.34. The first-order chi connectivity index (χ1) is 12.0. The average molecular weight is 346 g/mol. The van der Waals surface area contributed by atoms with Crippen LogP contribution >= 0.6 is 0 Å². The van der Waals surface area contributed by atoms with E-state index < -0.39 is 11.7 Å². The molecular weight excluding hydrogens is 323 g/mol. The Balaban J connectivity index is 2.16. The molecule has 25 heavy (non-hydrogen) atoms. The van der Waals surface area contributed by atoms with Gasteiger partial charge in [0.05, 0.1) is 25.8 Å². The van der Waals surface area contributed by atoms with Gasteiger partial charge in [0.15, 0.2) is 11.5 Å². The van der Waals surface area contributed by atoms with Crippen molar-refractivity contribution in [3.63, 3.8) is 0 Å². The number of rotatable bonds is 7. The highest BCUT2D eigenvalue weighted by Gasteiger charge is 2.19. The number of methoxy groups -OCH3 is 2. The highest BCUT2D eigenvalue weighted by Crippen LogP contribution is 2.31. The van der Waals surface area contributed by atoms with Crippen molar-refractivity contribution in [3.8, 4) is 11.5 Å². The van der Waals surface area contributed by atoms with E-state index in [1.807, 2.05) is 37.2 Å². The number of carbonyl (C=O) groups is 1. The van der Waals surface area contributed by atoms with Gasteiger partial charge in [0, 0.05) is 6.54 Å². The zero-order valence-electron chi connectivity index (χ0n) is 14.9. The van der Waals surface area contributed by atoms with Gasteiger partial charge >= 0.3 is 0 Å². The lowest BCUT2D eigenvalue weighted by atomic mass is 10.0. The van der Waals surface area contributed by atoms with Crippen molar-refractivity contribution < 1.29 is 18.7 Å². The number of amides is 1. The maximum Gasteiger partial charge on any atom is 0.254 e. The molecule has 0 saturated carbocycles. The zero-order valence-corrected chi connectivity index (χ0v) is 14.9. The van der Waals surface area contributed by atoms with Crippen LogP contribution in [0.2, 0.25) is 0 Å².